The molecule has 8 heterocycles. The number of fused-ring (bicyclic) bond motifs is 12. The summed E-state index contributed by atoms with van der Waals surface area (Å²) < 4.78 is 47.5. The van der Waals surface area contributed by atoms with Gasteiger partial charge in [-0.2, -0.15) is 5.26 Å². The molecule has 4 aromatic rings. The molecular formula is C46H45N5O11S. The quantitative estimate of drug-likeness (QED) is 0.126. The first-order valence-electron chi connectivity index (χ1n) is 20.7. The van der Waals surface area contributed by atoms with Crippen LogP contribution in [0.15, 0.2) is 56.0 Å². The summed E-state index contributed by atoms with van der Waals surface area (Å²) >= 11 is 1.50. The number of methoxy groups -OCH3 is 1. The molecule has 7 aliphatic rings. The van der Waals surface area contributed by atoms with Gasteiger partial charge in [0.05, 0.1) is 49.6 Å². The van der Waals surface area contributed by atoms with Crippen LogP contribution in [0.1, 0.15) is 62.0 Å². The summed E-state index contributed by atoms with van der Waals surface area (Å²) in [6.07, 6.45) is 1.09. The first-order chi connectivity index (χ1) is 30.6. The maximum absolute atomic E-state index is 15.0. The highest BCUT2D eigenvalue weighted by molar-refractivity contribution is 7.99. The van der Waals surface area contributed by atoms with Crippen LogP contribution in [0.3, 0.4) is 0 Å². The second kappa shape index (κ2) is 15.6. The van der Waals surface area contributed by atoms with Crippen LogP contribution in [0.2, 0.25) is 0 Å². The Morgan fingerprint density at radius 2 is 1.78 bits per heavy atom. The molecule has 0 aliphatic carbocycles. The number of hydrogen-bond donors (Lipinski definition) is 2. The summed E-state index contributed by atoms with van der Waals surface area (Å²) in [6.45, 7) is 10.9. The van der Waals surface area contributed by atoms with Crippen molar-refractivity contribution in [3.63, 3.8) is 0 Å². The normalized spacial score (nSPS) is 26.9. The number of carbonyl (C=O) groups is 3. The first-order valence-corrected chi connectivity index (χ1v) is 21.7. The van der Waals surface area contributed by atoms with Gasteiger partial charge in [0, 0.05) is 63.2 Å². The number of thioether (sulfide) groups is 1. The minimum absolute atomic E-state index is 0.0574. The molecule has 4 bridgehead atoms. The zero-order valence-electron chi connectivity index (χ0n) is 35.1. The highest BCUT2D eigenvalue weighted by atomic mass is 32.2. The first kappa shape index (κ1) is 41.0. The smallest absolute Gasteiger partial charge is 0.493 e. The summed E-state index contributed by atoms with van der Waals surface area (Å²) in [4.78, 5) is 49.7. The van der Waals surface area contributed by atoms with Crippen LogP contribution in [0.4, 0.5) is 9.59 Å². The molecule has 1 aromatic heterocycles. The van der Waals surface area contributed by atoms with Crippen molar-refractivity contribution in [2.24, 2.45) is 0 Å². The second-order valence-corrected chi connectivity index (χ2v) is 17.6. The van der Waals surface area contributed by atoms with Crippen molar-refractivity contribution in [1.82, 2.24) is 20.1 Å². The Kier molecular flexibility index (Phi) is 10.2. The molecule has 2 N–H and O–H groups in total. The summed E-state index contributed by atoms with van der Waals surface area (Å²) in [5.41, 5.74) is 5.45. The van der Waals surface area contributed by atoms with Gasteiger partial charge < -0.3 is 42.9 Å². The van der Waals surface area contributed by atoms with Crippen molar-refractivity contribution in [2.45, 2.75) is 67.7 Å². The standard InChI is InChI=1S/C46H45N5O11S/c1-7-57-44(53)61-38-23(4)39-40(60-21-59-39)33-30-18-56-19-31(52)46(43-26(13-14-48-46)25-11-9-10-12-27(25)49-43)20-63-42(34(33)38)36-35-32-24(16-28(50(35)5)29(17-47)51(30)36)15-22(3)37(55-6)41(32)62-45(54)58-8-2/h7-12,15,28-30,35-36,42,48-49H,1-2,13-14,16,18-21H2,3-6H3/t28-,29-,30-,35+,36?,42+,46-/m0/s1. The van der Waals surface area contributed by atoms with Crippen LogP contribution in [0.25, 0.3) is 10.9 Å². The number of rotatable bonds is 5. The van der Waals surface area contributed by atoms with E-state index in [1.807, 2.05) is 38.2 Å². The SMILES string of the molecule is C=COC(=O)Oc1c(C)c2c(c3c1[C@H]1SC[C@]4(NCCc5c4[nH]c4ccccc54)C(=O)COC[C@@H]3N3C1[C@H]1c4c(cc(C)c(OC)c4OC(=O)OC=C)C[C@@H]([C@@H]3C#N)N1C)OCO2. The van der Waals surface area contributed by atoms with Gasteiger partial charge in [0.15, 0.2) is 28.8 Å². The Bertz CT molecular complexity index is 2680. The number of benzene rings is 3. The monoisotopic (exact) mass is 875 g/mol. The van der Waals surface area contributed by atoms with Gasteiger partial charge in [-0.1, -0.05) is 37.4 Å². The summed E-state index contributed by atoms with van der Waals surface area (Å²) in [6, 6.07) is 9.62. The van der Waals surface area contributed by atoms with Crippen LogP contribution in [0, 0.1) is 25.2 Å². The lowest BCUT2D eigenvalue weighted by Gasteiger charge is -2.61. The van der Waals surface area contributed by atoms with E-state index in [-0.39, 0.29) is 49.1 Å². The van der Waals surface area contributed by atoms with Crippen LogP contribution < -0.4 is 29.0 Å². The lowest BCUT2D eigenvalue weighted by Crippen LogP contribution is -2.69. The second-order valence-electron chi connectivity index (χ2n) is 16.4. The summed E-state index contributed by atoms with van der Waals surface area (Å²) in [5.74, 6) is 1.55. The Balaban J connectivity index is 1.26. The lowest BCUT2D eigenvalue weighted by molar-refractivity contribution is -0.132. The fourth-order valence-corrected chi connectivity index (χ4v) is 12.8. The molecule has 1 unspecified atom stereocenters. The molecule has 0 saturated carbocycles. The van der Waals surface area contributed by atoms with E-state index < -0.39 is 47.3 Å². The van der Waals surface area contributed by atoms with Crippen molar-refractivity contribution in [3.8, 4) is 34.8 Å². The Hall–Kier alpha value is -6.03. The number of aryl methyl sites for hydroxylation is 1. The van der Waals surface area contributed by atoms with E-state index in [4.69, 9.17) is 37.9 Å². The Labute approximate surface area is 366 Å². The molecule has 326 valence electrons. The van der Waals surface area contributed by atoms with E-state index in [1.165, 1.54) is 18.9 Å². The number of likely N-dealkylation sites (N-methyl/N-ethyl adjacent to an activating group) is 1. The molecule has 3 aromatic carbocycles. The molecule has 63 heavy (non-hydrogen) atoms. The van der Waals surface area contributed by atoms with Gasteiger partial charge in [0.25, 0.3) is 0 Å². The van der Waals surface area contributed by atoms with Crippen LogP contribution >= 0.6 is 11.8 Å². The summed E-state index contributed by atoms with van der Waals surface area (Å²) in [5, 5.41) is 15.4. The number of carbonyl (C=O) groups excluding carboxylic acids is 3. The van der Waals surface area contributed by atoms with E-state index in [0.29, 0.717) is 58.9 Å². The summed E-state index contributed by atoms with van der Waals surface area (Å²) in [7, 11) is 3.48. The van der Waals surface area contributed by atoms with E-state index in [2.05, 4.69) is 45.4 Å². The Morgan fingerprint density at radius 3 is 2.52 bits per heavy atom. The fraction of sp³-hybridized carbons (Fsp3) is 0.391. The molecule has 1 spiro atoms. The number of Topliss-reactive ketones (excluding diaryl/α,β-unsaturated/α-hetero) is 1. The highest BCUT2D eigenvalue weighted by Gasteiger charge is 2.61. The average Bonchev–Trinajstić information content (AvgIpc) is 3.91. The predicted octanol–water partition coefficient (Wildman–Crippen LogP) is 6.48. The number of ether oxygens (including phenoxy) is 8. The number of nitriles is 1. The average molecular weight is 876 g/mol. The van der Waals surface area contributed by atoms with Gasteiger partial charge >= 0.3 is 12.3 Å². The number of aromatic nitrogens is 1. The number of H-pyrrole nitrogens is 1. The maximum Gasteiger partial charge on any atom is 0.518 e. The highest BCUT2D eigenvalue weighted by Crippen LogP contribution is 2.64. The van der Waals surface area contributed by atoms with Crippen molar-refractivity contribution >= 4 is 40.8 Å². The van der Waals surface area contributed by atoms with Crippen LogP contribution in [0.5, 0.6) is 28.7 Å². The van der Waals surface area contributed by atoms with Gasteiger partial charge in [-0.15, -0.1) is 11.8 Å². The van der Waals surface area contributed by atoms with E-state index in [0.717, 1.165) is 45.8 Å². The molecule has 11 rings (SSSR count). The van der Waals surface area contributed by atoms with Gasteiger partial charge in [-0.25, -0.2) is 9.59 Å². The van der Waals surface area contributed by atoms with E-state index in [1.54, 1.807) is 6.92 Å². The number of nitrogens with zero attached hydrogens (tertiary/aromatic N) is 3. The molecule has 7 aliphatic heterocycles. The molecule has 16 nitrogen and oxygen atoms in total. The van der Waals surface area contributed by atoms with E-state index >= 15 is 4.79 Å². The molecular weight excluding hydrogens is 831 g/mol. The van der Waals surface area contributed by atoms with Crippen molar-refractivity contribution in [2.75, 3.05) is 46.5 Å². The third-order valence-electron chi connectivity index (χ3n) is 13.5. The van der Waals surface area contributed by atoms with Gasteiger partial charge in [-0.05, 0) is 56.5 Å². The molecule has 7 atom stereocenters. The lowest BCUT2D eigenvalue weighted by atomic mass is 9.71. The van der Waals surface area contributed by atoms with Crippen molar-refractivity contribution in [3.05, 3.63) is 101 Å². The van der Waals surface area contributed by atoms with Gasteiger partial charge in [0.1, 0.15) is 23.9 Å². The van der Waals surface area contributed by atoms with Crippen molar-refractivity contribution < 1.29 is 52.3 Å². The van der Waals surface area contributed by atoms with Gasteiger partial charge in [0.2, 0.25) is 6.79 Å². The molecule has 2 fully saturated rings. The predicted molar refractivity (Wildman–Crippen MR) is 228 cm³/mol. The van der Waals surface area contributed by atoms with E-state index in [9.17, 15) is 14.9 Å². The number of aromatic amines is 1. The number of para-hydroxylation sites is 1. The molecule has 17 heteroatoms. The number of nitrogens with one attached hydrogen (secondary N) is 2. The largest absolute Gasteiger partial charge is 0.518 e. The number of hydrogen-bond acceptors (Lipinski definition) is 16. The topological polar surface area (TPSA) is 183 Å². The van der Waals surface area contributed by atoms with Gasteiger partial charge in [-0.3, -0.25) is 19.9 Å². The number of piperazine rings is 1. The third kappa shape index (κ3) is 6.06. The molecule has 0 radical (unpaired) electrons. The third-order valence-corrected chi connectivity index (χ3v) is 15.0. The van der Waals surface area contributed by atoms with Crippen LogP contribution in [-0.2, 0) is 37.4 Å². The zero-order chi connectivity index (χ0) is 43.9. The minimum Gasteiger partial charge on any atom is -0.493 e. The zero-order valence-corrected chi connectivity index (χ0v) is 35.9. The fourth-order valence-electron chi connectivity index (χ4n) is 11.1. The molecule has 0 amide bonds. The maximum atomic E-state index is 15.0. The minimum atomic E-state index is -1.25. The number of ketones is 1. The molecule has 2 saturated heterocycles. The van der Waals surface area contributed by atoms with Crippen molar-refractivity contribution in [1.29, 1.82) is 5.26 Å². The van der Waals surface area contributed by atoms with Crippen LogP contribution in [-0.4, -0.2) is 97.5 Å². The Morgan fingerprint density at radius 1 is 1.03 bits per heavy atom.